The maximum absolute atomic E-state index is 12.0. The van der Waals surface area contributed by atoms with Crippen LogP contribution < -0.4 is 10.5 Å². The van der Waals surface area contributed by atoms with Crippen molar-refractivity contribution in [2.45, 2.75) is 20.1 Å². The van der Waals surface area contributed by atoms with Gasteiger partial charge in [-0.2, -0.15) is 0 Å². The van der Waals surface area contributed by atoms with Crippen molar-refractivity contribution in [3.63, 3.8) is 0 Å². The molecule has 2 aromatic heterocycles. The summed E-state index contributed by atoms with van der Waals surface area (Å²) >= 11 is 1.29. The first-order chi connectivity index (χ1) is 13.0. The van der Waals surface area contributed by atoms with Crippen molar-refractivity contribution in [1.82, 2.24) is 9.55 Å². The summed E-state index contributed by atoms with van der Waals surface area (Å²) in [7, 11) is 0. The molecule has 3 rings (SSSR count). The molecule has 3 aromatic rings. The van der Waals surface area contributed by atoms with E-state index in [2.05, 4.69) is 4.98 Å². The van der Waals surface area contributed by atoms with Crippen LogP contribution in [0.2, 0.25) is 0 Å². The number of nitrogens with zero attached hydrogens (tertiary/aromatic N) is 3. The Morgan fingerprint density at radius 1 is 1.15 bits per heavy atom. The zero-order chi connectivity index (χ0) is 19.2. The number of thiazole rings is 1. The lowest BCUT2D eigenvalue weighted by Crippen LogP contribution is -2.24. The molecule has 0 fully saturated rings. The minimum Gasteiger partial charge on any atom is -0.458 e. The van der Waals surface area contributed by atoms with E-state index in [4.69, 9.17) is 4.74 Å². The van der Waals surface area contributed by atoms with Gasteiger partial charge >= 0.3 is 5.97 Å². The van der Waals surface area contributed by atoms with Crippen molar-refractivity contribution < 1.29 is 14.3 Å². The van der Waals surface area contributed by atoms with E-state index in [1.165, 1.54) is 40.0 Å². The smallest absolute Gasteiger partial charge is 0.326 e. The molecule has 0 bridgehead atoms. The molecule has 0 radical (unpaired) electrons. The molecule has 0 saturated carbocycles. The Labute approximate surface area is 159 Å². The molecule has 0 atom stereocenters. The molecule has 138 valence electrons. The number of ether oxygens (including phenoxy) is 1. The summed E-state index contributed by atoms with van der Waals surface area (Å²) in [5.41, 5.74) is 0.975. The molecule has 0 aliphatic heterocycles. The number of carbonyl (C=O) groups is 2. The normalized spacial score (nSPS) is 10.4. The average Bonchev–Trinajstić information content (AvgIpc) is 3.11. The summed E-state index contributed by atoms with van der Waals surface area (Å²) in [6.45, 7) is 1.27. The molecule has 0 aliphatic carbocycles. The van der Waals surface area contributed by atoms with E-state index in [9.17, 15) is 14.4 Å². The van der Waals surface area contributed by atoms with Gasteiger partial charge in [-0.3, -0.25) is 19.3 Å². The highest BCUT2D eigenvalue weighted by atomic mass is 32.1. The van der Waals surface area contributed by atoms with Gasteiger partial charge in [0.25, 0.3) is 5.56 Å². The van der Waals surface area contributed by atoms with E-state index in [-0.39, 0.29) is 24.6 Å². The SMILES string of the molecule is CC(=O)N(c1ccccc1)c1nc(COC(=O)Cn2ccccc2=O)cs1. The summed E-state index contributed by atoms with van der Waals surface area (Å²) in [6, 6.07) is 13.8. The lowest BCUT2D eigenvalue weighted by molar-refractivity contribution is -0.145. The largest absolute Gasteiger partial charge is 0.458 e. The van der Waals surface area contributed by atoms with Crippen LogP contribution in [-0.4, -0.2) is 21.4 Å². The van der Waals surface area contributed by atoms with Crippen LogP contribution in [0.15, 0.2) is 64.9 Å². The third-order valence-corrected chi connectivity index (χ3v) is 4.51. The van der Waals surface area contributed by atoms with Crippen LogP contribution in [0.25, 0.3) is 0 Å². The Kier molecular flexibility index (Phi) is 5.77. The Bertz CT molecular complexity index is 997. The third-order valence-electron chi connectivity index (χ3n) is 3.64. The molecule has 0 spiro atoms. The van der Waals surface area contributed by atoms with Crippen LogP contribution in [0.3, 0.4) is 0 Å². The summed E-state index contributed by atoms with van der Waals surface area (Å²) in [6.07, 6.45) is 1.52. The van der Waals surface area contributed by atoms with Crippen molar-refractivity contribution >= 4 is 34.0 Å². The van der Waals surface area contributed by atoms with Gasteiger partial charge in [-0.25, -0.2) is 4.98 Å². The quantitative estimate of drug-likeness (QED) is 0.612. The van der Waals surface area contributed by atoms with Crippen LogP contribution >= 0.6 is 11.3 Å². The molecule has 8 heteroatoms. The number of hydrogen-bond acceptors (Lipinski definition) is 6. The molecule has 0 saturated heterocycles. The van der Waals surface area contributed by atoms with Crippen molar-refractivity contribution in [2.75, 3.05) is 4.90 Å². The molecule has 7 nitrogen and oxygen atoms in total. The van der Waals surface area contributed by atoms with Gasteiger partial charge in [-0.05, 0) is 18.2 Å². The zero-order valence-electron chi connectivity index (χ0n) is 14.6. The molecular weight excluding hydrogens is 366 g/mol. The first-order valence-electron chi connectivity index (χ1n) is 8.16. The van der Waals surface area contributed by atoms with E-state index in [0.717, 1.165) is 0 Å². The zero-order valence-corrected chi connectivity index (χ0v) is 15.4. The average molecular weight is 383 g/mol. The molecule has 0 aliphatic rings. The molecular formula is C19H17N3O4S. The van der Waals surface area contributed by atoms with E-state index in [1.54, 1.807) is 17.5 Å². The van der Waals surface area contributed by atoms with Crippen molar-refractivity contribution in [2.24, 2.45) is 0 Å². The second kappa shape index (κ2) is 8.41. The lowest BCUT2D eigenvalue weighted by Gasteiger charge is -2.17. The maximum Gasteiger partial charge on any atom is 0.326 e. The number of benzene rings is 1. The summed E-state index contributed by atoms with van der Waals surface area (Å²) in [5.74, 6) is -0.702. The first-order valence-corrected chi connectivity index (χ1v) is 9.04. The van der Waals surface area contributed by atoms with Gasteiger partial charge < -0.3 is 9.30 Å². The number of anilines is 2. The fourth-order valence-electron chi connectivity index (χ4n) is 2.40. The number of rotatable bonds is 6. The molecule has 0 N–H and O–H groups in total. The highest BCUT2D eigenvalue weighted by molar-refractivity contribution is 7.14. The Hall–Kier alpha value is -3.26. The summed E-state index contributed by atoms with van der Waals surface area (Å²) in [4.78, 5) is 41.5. The predicted molar refractivity (Wildman–Crippen MR) is 102 cm³/mol. The van der Waals surface area contributed by atoms with Crippen LogP contribution in [0.5, 0.6) is 0 Å². The van der Waals surface area contributed by atoms with Crippen LogP contribution in [-0.2, 0) is 27.5 Å². The van der Waals surface area contributed by atoms with Gasteiger partial charge in [0.2, 0.25) is 5.91 Å². The predicted octanol–water partition coefficient (Wildman–Crippen LogP) is 2.73. The monoisotopic (exact) mass is 383 g/mol. The van der Waals surface area contributed by atoms with Gasteiger partial charge in [0.05, 0.1) is 11.4 Å². The van der Waals surface area contributed by atoms with Crippen LogP contribution in [0, 0.1) is 0 Å². The second-order valence-corrected chi connectivity index (χ2v) is 6.48. The number of pyridine rings is 1. The van der Waals surface area contributed by atoms with E-state index in [0.29, 0.717) is 16.5 Å². The van der Waals surface area contributed by atoms with E-state index < -0.39 is 5.97 Å². The van der Waals surface area contributed by atoms with Gasteiger partial charge in [0.15, 0.2) is 5.13 Å². The molecule has 0 unspecified atom stereocenters. The molecule has 1 amide bonds. The van der Waals surface area contributed by atoms with E-state index in [1.807, 2.05) is 30.3 Å². The number of carbonyl (C=O) groups excluding carboxylic acids is 2. The van der Waals surface area contributed by atoms with Crippen molar-refractivity contribution in [1.29, 1.82) is 0 Å². The molecule has 27 heavy (non-hydrogen) atoms. The first kappa shape index (κ1) is 18.5. The van der Waals surface area contributed by atoms with Crippen molar-refractivity contribution in [3.8, 4) is 0 Å². The van der Waals surface area contributed by atoms with Crippen molar-refractivity contribution in [3.05, 3.63) is 76.2 Å². The van der Waals surface area contributed by atoms with Gasteiger partial charge in [-0.15, -0.1) is 11.3 Å². The third kappa shape index (κ3) is 4.68. The topological polar surface area (TPSA) is 81.5 Å². The standard InChI is InChI=1S/C19H17N3O4S/c1-14(23)22(16-7-3-2-4-8-16)19-20-15(13-27-19)12-26-18(25)11-21-10-6-5-9-17(21)24/h2-10,13H,11-12H2,1H3. The van der Waals surface area contributed by atoms with Gasteiger partial charge in [0, 0.05) is 24.6 Å². The van der Waals surface area contributed by atoms with Gasteiger partial charge in [-0.1, -0.05) is 24.3 Å². The fourth-order valence-corrected chi connectivity index (χ4v) is 3.27. The Morgan fingerprint density at radius 3 is 2.59 bits per heavy atom. The highest BCUT2D eigenvalue weighted by Gasteiger charge is 2.18. The Morgan fingerprint density at radius 2 is 1.89 bits per heavy atom. The number of aromatic nitrogens is 2. The van der Waals surface area contributed by atoms with E-state index >= 15 is 0 Å². The summed E-state index contributed by atoms with van der Waals surface area (Å²) < 4.78 is 6.45. The Balaban J connectivity index is 1.65. The number of amides is 1. The molecule has 1 aromatic carbocycles. The fraction of sp³-hybridized carbons (Fsp3) is 0.158. The van der Waals surface area contributed by atoms with Gasteiger partial charge in [0.1, 0.15) is 13.2 Å². The maximum atomic E-state index is 12.0. The number of hydrogen-bond donors (Lipinski definition) is 0. The minimum atomic E-state index is -0.538. The number of para-hydroxylation sites is 1. The minimum absolute atomic E-state index is 0.0303. The summed E-state index contributed by atoms with van der Waals surface area (Å²) in [5, 5.41) is 2.23. The second-order valence-electron chi connectivity index (χ2n) is 5.64. The number of esters is 1. The molecule has 2 heterocycles. The lowest BCUT2D eigenvalue weighted by atomic mass is 10.3. The highest BCUT2D eigenvalue weighted by Crippen LogP contribution is 2.28. The van der Waals surface area contributed by atoms with Crippen LogP contribution in [0.4, 0.5) is 10.8 Å². The van der Waals surface area contributed by atoms with Crippen LogP contribution in [0.1, 0.15) is 12.6 Å².